The molecule has 0 aliphatic heterocycles. The third kappa shape index (κ3) is 1.32. The number of aliphatic hydroxyl groups is 2. The van der Waals surface area contributed by atoms with Gasteiger partial charge in [-0.1, -0.05) is 0 Å². The number of rotatable bonds is 1. The molecule has 0 aliphatic carbocycles. The molecule has 0 atom stereocenters. The highest BCUT2D eigenvalue weighted by atomic mass is 16.5. The fraction of sp³-hybridized carbons (Fsp3) is 0.286. The zero-order chi connectivity index (χ0) is 7.56. The molecule has 0 bridgehead atoms. The summed E-state index contributed by atoms with van der Waals surface area (Å²) in [5, 5.41) is 17.5. The maximum Gasteiger partial charge on any atom is 0.240 e. The van der Waals surface area contributed by atoms with Gasteiger partial charge in [-0.15, -0.1) is 0 Å². The summed E-state index contributed by atoms with van der Waals surface area (Å²) in [7, 11) is 1.76. The Labute approximate surface area is 59.2 Å². The van der Waals surface area contributed by atoms with Gasteiger partial charge in [0.1, 0.15) is 7.05 Å². The van der Waals surface area contributed by atoms with E-state index in [2.05, 4.69) is 0 Å². The van der Waals surface area contributed by atoms with Crippen LogP contribution >= 0.6 is 0 Å². The molecule has 0 unspecified atom stereocenters. The maximum atomic E-state index is 8.74. The molecular formula is C7H10NO2+. The van der Waals surface area contributed by atoms with Crippen LogP contribution in [0, 0.1) is 0 Å². The van der Waals surface area contributed by atoms with Gasteiger partial charge < -0.3 is 10.2 Å². The van der Waals surface area contributed by atoms with Gasteiger partial charge in [0, 0.05) is 12.1 Å². The lowest BCUT2D eigenvalue weighted by Gasteiger charge is -1.98. The van der Waals surface area contributed by atoms with Crippen LogP contribution in [-0.2, 0) is 7.05 Å². The van der Waals surface area contributed by atoms with Crippen LogP contribution in [0.4, 0.5) is 0 Å². The Kier molecular flexibility index (Phi) is 1.99. The standard InChI is InChI=1S/C7H10NO2/c1-8-5-3-2-4-6(8)7(9)10/h2-5,7,9-10H,1H3/q+1. The Bertz CT molecular complexity index is 223. The first-order valence-corrected chi connectivity index (χ1v) is 3.02. The monoisotopic (exact) mass is 140 g/mol. The van der Waals surface area contributed by atoms with Gasteiger partial charge in [-0.25, -0.2) is 4.57 Å². The molecule has 0 aliphatic rings. The number of aliphatic hydroxyl groups excluding tert-OH is 1. The second-order valence-corrected chi connectivity index (χ2v) is 2.11. The molecule has 0 spiro atoms. The summed E-state index contributed by atoms with van der Waals surface area (Å²) >= 11 is 0. The van der Waals surface area contributed by atoms with Crippen molar-refractivity contribution in [2.45, 2.75) is 6.29 Å². The van der Waals surface area contributed by atoms with E-state index in [0.29, 0.717) is 5.69 Å². The third-order valence-corrected chi connectivity index (χ3v) is 1.36. The Balaban J connectivity index is 3.03. The maximum absolute atomic E-state index is 8.74. The van der Waals surface area contributed by atoms with Gasteiger partial charge in [0.05, 0.1) is 0 Å². The molecule has 0 fully saturated rings. The van der Waals surface area contributed by atoms with E-state index in [4.69, 9.17) is 10.2 Å². The largest absolute Gasteiger partial charge is 0.360 e. The van der Waals surface area contributed by atoms with Crippen molar-refractivity contribution in [3.63, 3.8) is 0 Å². The lowest BCUT2D eigenvalue weighted by atomic mass is 10.3. The molecule has 0 saturated heterocycles. The Morgan fingerprint density at radius 3 is 2.50 bits per heavy atom. The van der Waals surface area contributed by atoms with Crippen molar-refractivity contribution in [2.75, 3.05) is 0 Å². The normalized spacial score (nSPS) is 10.4. The Morgan fingerprint density at radius 2 is 2.10 bits per heavy atom. The molecule has 3 heteroatoms. The van der Waals surface area contributed by atoms with Crippen LogP contribution in [-0.4, -0.2) is 10.2 Å². The molecule has 1 aromatic heterocycles. The molecule has 1 heterocycles. The summed E-state index contributed by atoms with van der Waals surface area (Å²) in [6.45, 7) is 0. The third-order valence-electron chi connectivity index (χ3n) is 1.36. The second kappa shape index (κ2) is 2.77. The van der Waals surface area contributed by atoms with E-state index in [9.17, 15) is 0 Å². The van der Waals surface area contributed by atoms with Gasteiger partial charge >= 0.3 is 0 Å². The van der Waals surface area contributed by atoms with Crippen molar-refractivity contribution >= 4 is 0 Å². The van der Waals surface area contributed by atoms with Crippen molar-refractivity contribution in [1.82, 2.24) is 0 Å². The molecule has 1 aromatic rings. The van der Waals surface area contributed by atoms with Crippen molar-refractivity contribution in [3.8, 4) is 0 Å². The van der Waals surface area contributed by atoms with Crippen LogP contribution < -0.4 is 4.57 Å². The average Bonchev–Trinajstić information content (AvgIpc) is 1.88. The van der Waals surface area contributed by atoms with Gasteiger partial charge in [-0.3, -0.25) is 0 Å². The average molecular weight is 140 g/mol. The quantitative estimate of drug-likeness (QED) is 0.408. The number of aryl methyl sites for hydroxylation is 1. The summed E-state index contributed by atoms with van der Waals surface area (Å²) < 4.78 is 1.66. The number of nitrogens with zero attached hydrogens (tertiary/aromatic N) is 1. The highest BCUT2D eigenvalue weighted by Crippen LogP contribution is 2.00. The first kappa shape index (κ1) is 7.18. The van der Waals surface area contributed by atoms with E-state index < -0.39 is 6.29 Å². The minimum atomic E-state index is -1.38. The predicted molar refractivity (Wildman–Crippen MR) is 34.8 cm³/mol. The highest BCUT2D eigenvalue weighted by Gasteiger charge is 2.11. The molecule has 3 nitrogen and oxygen atoms in total. The van der Waals surface area contributed by atoms with Crippen molar-refractivity contribution in [1.29, 1.82) is 0 Å². The van der Waals surface area contributed by atoms with Crippen molar-refractivity contribution < 1.29 is 14.8 Å². The zero-order valence-electron chi connectivity index (χ0n) is 5.73. The van der Waals surface area contributed by atoms with E-state index in [1.54, 1.807) is 29.9 Å². The molecule has 1 rings (SSSR count). The SMILES string of the molecule is C[n+]1ccccc1C(O)O. The van der Waals surface area contributed by atoms with Crippen molar-refractivity contribution in [2.24, 2.45) is 7.05 Å². The highest BCUT2D eigenvalue weighted by molar-refractivity contribution is 4.97. The van der Waals surface area contributed by atoms with Gasteiger partial charge in [-0.2, -0.15) is 0 Å². The lowest BCUT2D eigenvalue weighted by Crippen LogP contribution is -2.34. The molecule has 10 heavy (non-hydrogen) atoms. The Hall–Kier alpha value is -0.930. The molecule has 0 saturated carbocycles. The minimum absolute atomic E-state index is 0.488. The second-order valence-electron chi connectivity index (χ2n) is 2.11. The fourth-order valence-corrected chi connectivity index (χ4v) is 0.805. The van der Waals surface area contributed by atoms with Gasteiger partial charge in [0.15, 0.2) is 6.20 Å². The predicted octanol–water partition coefficient (Wildman–Crippen LogP) is -0.506. The molecule has 0 radical (unpaired) electrons. The van der Waals surface area contributed by atoms with E-state index in [0.717, 1.165) is 0 Å². The molecule has 54 valence electrons. The van der Waals surface area contributed by atoms with E-state index in [1.807, 2.05) is 6.07 Å². The fourth-order valence-electron chi connectivity index (χ4n) is 0.805. The number of hydrogen-bond donors (Lipinski definition) is 2. The van der Waals surface area contributed by atoms with Crippen molar-refractivity contribution in [3.05, 3.63) is 30.1 Å². The minimum Gasteiger partial charge on any atom is -0.360 e. The topological polar surface area (TPSA) is 44.3 Å². The van der Waals surface area contributed by atoms with Gasteiger partial charge in [0.2, 0.25) is 12.0 Å². The molecule has 0 aromatic carbocycles. The Morgan fingerprint density at radius 1 is 1.40 bits per heavy atom. The molecular weight excluding hydrogens is 130 g/mol. The first-order chi connectivity index (χ1) is 4.72. The summed E-state index contributed by atoms with van der Waals surface area (Å²) in [5.74, 6) is 0. The number of aromatic nitrogens is 1. The van der Waals surface area contributed by atoms with Crippen LogP contribution in [0.15, 0.2) is 24.4 Å². The van der Waals surface area contributed by atoms with E-state index in [-0.39, 0.29) is 0 Å². The van der Waals surface area contributed by atoms with Gasteiger partial charge in [-0.05, 0) is 6.07 Å². The van der Waals surface area contributed by atoms with Crippen LogP contribution in [0.25, 0.3) is 0 Å². The summed E-state index contributed by atoms with van der Waals surface area (Å²) in [6.07, 6.45) is 0.376. The number of hydrogen-bond acceptors (Lipinski definition) is 2. The first-order valence-electron chi connectivity index (χ1n) is 3.02. The molecule has 0 amide bonds. The van der Waals surface area contributed by atoms with E-state index in [1.165, 1.54) is 0 Å². The number of pyridine rings is 1. The smallest absolute Gasteiger partial charge is 0.240 e. The van der Waals surface area contributed by atoms with E-state index >= 15 is 0 Å². The zero-order valence-corrected chi connectivity index (χ0v) is 5.73. The van der Waals surface area contributed by atoms with Crippen LogP contribution in [0.5, 0.6) is 0 Å². The van der Waals surface area contributed by atoms with Gasteiger partial charge in [0.25, 0.3) is 0 Å². The summed E-state index contributed by atoms with van der Waals surface area (Å²) in [4.78, 5) is 0. The lowest BCUT2D eigenvalue weighted by molar-refractivity contribution is -0.686. The van der Waals surface area contributed by atoms with Crippen LogP contribution in [0.2, 0.25) is 0 Å². The van der Waals surface area contributed by atoms with Crippen LogP contribution in [0.1, 0.15) is 12.0 Å². The summed E-state index contributed by atoms with van der Waals surface area (Å²) in [5.41, 5.74) is 0.488. The molecule has 2 N–H and O–H groups in total. The van der Waals surface area contributed by atoms with Crippen LogP contribution in [0.3, 0.4) is 0 Å². The summed E-state index contributed by atoms with van der Waals surface area (Å²) in [6, 6.07) is 5.24.